The highest BCUT2D eigenvalue weighted by atomic mass is 19.4. The fraction of sp³-hybridized carbons (Fsp3) is 0.375. The van der Waals surface area contributed by atoms with Gasteiger partial charge in [0.2, 0.25) is 0 Å². The van der Waals surface area contributed by atoms with E-state index in [-0.39, 0.29) is 5.75 Å². The van der Waals surface area contributed by atoms with Gasteiger partial charge in [0, 0.05) is 23.5 Å². The van der Waals surface area contributed by atoms with Gasteiger partial charge >= 0.3 is 6.18 Å². The van der Waals surface area contributed by atoms with Gasteiger partial charge in [-0.15, -0.1) is 0 Å². The second-order valence-corrected chi connectivity index (χ2v) is 5.40. The van der Waals surface area contributed by atoms with Gasteiger partial charge in [-0.1, -0.05) is 0 Å². The molecule has 0 radical (unpaired) electrons. The lowest BCUT2D eigenvalue weighted by atomic mass is 10.1. The second-order valence-electron chi connectivity index (χ2n) is 5.40. The third-order valence-electron chi connectivity index (χ3n) is 3.42. The zero-order valence-corrected chi connectivity index (χ0v) is 11.8. The van der Waals surface area contributed by atoms with Crippen LogP contribution in [-0.2, 0) is 0 Å². The van der Waals surface area contributed by atoms with Gasteiger partial charge in [-0.3, -0.25) is 0 Å². The molecule has 118 valence electrons. The normalized spacial score (nSPS) is 14.9. The number of nitrogens with one attached hydrogen (secondary N) is 1. The Labute approximate surface area is 126 Å². The van der Waals surface area contributed by atoms with E-state index >= 15 is 0 Å². The van der Waals surface area contributed by atoms with E-state index in [0.29, 0.717) is 29.5 Å². The molecule has 1 N–H and O–H groups in total. The Bertz CT molecular complexity index is 619. The van der Waals surface area contributed by atoms with Crippen LogP contribution in [0.2, 0.25) is 0 Å². The minimum Gasteiger partial charge on any atom is -0.493 e. The van der Waals surface area contributed by atoms with E-state index in [2.05, 4.69) is 4.98 Å². The van der Waals surface area contributed by atoms with E-state index in [1.54, 1.807) is 30.5 Å². The van der Waals surface area contributed by atoms with E-state index in [9.17, 15) is 13.2 Å². The first-order chi connectivity index (χ1) is 10.5. The number of rotatable bonds is 6. The molecular weight excluding hydrogens is 295 g/mol. The average Bonchev–Trinajstić information content (AvgIpc) is 3.15. The number of halogens is 3. The summed E-state index contributed by atoms with van der Waals surface area (Å²) in [4.78, 5) is 2.97. The van der Waals surface area contributed by atoms with Gasteiger partial charge in [0.1, 0.15) is 11.5 Å². The zero-order chi connectivity index (χ0) is 15.6. The summed E-state index contributed by atoms with van der Waals surface area (Å²) in [6, 6.07) is 8.53. The van der Waals surface area contributed by atoms with Gasteiger partial charge < -0.3 is 14.5 Å². The van der Waals surface area contributed by atoms with Crippen molar-refractivity contribution in [3.63, 3.8) is 0 Å². The summed E-state index contributed by atoms with van der Waals surface area (Å²) in [5.41, 5.74) is 1.28. The van der Waals surface area contributed by atoms with Crippen LogP contribution in [0.5, 0.6) is 11.5 Å². The highest BCUT2D eigenvalue weighted by Crippen LogP contribution is 2.35. The number of aromatic nitrogens is 1. The largest absolute Gasteiger partial charge is 0.493 e. The van der Waals surface area contributed by atoms with Crippen molar-refractivity contribution in [3.8, 4) is 22.8 Å². The SMILES string of the molecule is FC(F)(F)COc1cc(OCC2CC2)ccc1-c1ccc[nH]1. The first-order valence-corrected chi connectivity index (χ1v) is 7.11. The molecule has 1 aliphatic carbocycles. The van der Waals surface area contributed by atoms with E-state index in [1.165, 1.54) is 6.07 Å². The van der Waals surface area contributed by atoms with Gasteiger partial charge in [-0.05, 0) is 43.0 Å². The van der Waals surface area contributed by atoms with Crippen LogP contribution in [0.15, 0.2) is 36.5 Å². The van der Waals surface area contributed by atoms with E-state index in [4.69, 9.17) is 9.47 Å². The molecule has 3 rings (SSSR count). The van der Waals surface area contributed by atoms with Gasteiger partial charge in [0.25, 0.3) is 0 Å². The Balaban J connectivity index is 1.81. The first-order valence-electron chi connectivity index (χ1n) is 7.11. The first kappa shape index (κ1) is 14.8. The maximum atomic E-state index is 12.4. The van der Waals surface area contributed by atoms with Crippen LogP contribution in [0.1, 0.15) is 12.8 Å². The predicted octanol–water partition coefficient (Wildman–Crippen LogP) is 4.41. The van der Waals surface area contributed by atoms with Crippen molar-refractivity contribution in [2.45, 2.75) is 19.0 Å². The third kappa shape index (κ3) is 3.96. The molecule has 3 nitrogen and oxygen atoms in total. The minimum absolute atomic E-state index is 0.160. The highest BCUT2D eigenvalue weighted by molar-refractivity contribution is 5.68. The maximum absolute atomic E-state index is 12.4. The van der Waals surface area contributed by atoms with Crippen LogP contribution in [-0.4, -0.2) is 24.4 Å². The van der Waals surface area contributed by atoms with E-state index in [0.717, 1.165) is 12.8 Å². The summed E-state index contributed by atoms with van der Waals surface area (Å²) in [7, 11) is 0. The number of alkyl halides is 3. The molecule has 6 heteroatoms. The van der Waals surface area contributed by atoms with E-state index < -0.39 is 12.8 Å². The lowest BCUT2D eigenvalue weighted by Crippen LogP contribution is -2.19. The average molecular weight is 311 g/mol. The lowest BCUT2D eigenvalue weighted by molar-refractivity contribution is -0.153. The molecule has 0 bridgehead atoms. The van der Waals surface area contributed by atoms with Gasteiger partial charge in [0.15, 0.2) is 6.61 Å². The van der Waals surface area contributed by atoms with Crippen molar-refractivity contribution in [1.29, 1.82) is 0 Å². The molecule has 0 amide bonds. The topological polar surface area (TPSA) is 34.2 Å². The number of H-pyrrole nitrogens is 1. The summed E-state index contributed by atoms with van der Waals surface area (Å²) in [5, 5.41) is 0. The van der Waals surface area contributed by atoms with Crippen LogP contribution in [0, 0.1) is 5.92 Å². The smallest absolute Gasteiger partial charge is 0.422 e. The standard InChI is InChI=1S/C16H16F3NO2/c17-16(18,19)10-22-15-8-12(21-9-11-3-4-11)5-6-13(15)14-2-1-7-20-14/h1-2,5-8,11,20H,3-4,9-10H2. The molecule has 0 saturated heterocycles. The van der Waals surface area contributed by atoms with Gasteiger partial charge in [0.05, 0.1) is 6.61 Å². The molecule has 1 saturated carbocycles. The number of aromatic amines is 1. The minimum atomic E-state index is -4.38. The van der Waals surface area contributed by atoms with Gasteiger partial charge in [-0.25, -0.2) is 0 Å². The number of ether oxygens (including phenoxy) is 2. The molecule has 0 unspecified atom stereocenters. The second kappa shape index (κ2) is 5.94. The van der Waals surface area contributed by atoms with E-state index in [1.807, 2.05) is 0 Å². The summed E-state index contributed by atoms with van der Waals surface area (Å²) in [5.74, 6) is 1.26. The Morgan fingerprint density at radius 2 is 1.95 bits per heavy atom. The molecule has 0 spiro atoms. The quantitative estimate of drug-likeness (QED) is 0.857. The van der Waals surface area contributed by atoms with Gasteiger partial charge in [-0.2, -0.15) is 13.2 Å². The number of hydrogen-bond acceptors (Lipinski definition) is 2. The predicted molar refractivity (Wildman–Crippen MR) is 76.0 cm³/mol. The number of benzene rings is 1. The monoisotopic (exact) mass is 311 g/mol. The fourth-order valence-corrected chi connectivity index (χ4v) is 2.09. The van der Waals surface area contributed by atoms with Crippen LogP contribution in [0.4, 0.5) is 13.2 Å². The molecule has 1 aliphatic rings. The summed E-state index contributed by atoms with van der Waals surface area (Å²) in [6.45, 7) is -0.729. The molecule has 22 heavy (non-hydrogen) atoms. The Morgan fingerprint density at radius 1 is 1.14 bits per heavy atom. The Kier molecular flexibility index (Phi) is 4.00. The van der Waals surface area contributed by atoms with Crippen molar-refractivity contribution in [1.82, 2.24) is 4.98 Å². The Morgan fingerprint density at radius 3 is 2.59 bits per heavy atom. The molecule has 0 atom stereocenters. The van der Waals surface area contributed by atoms with Crippen molar-refractivity contribution in [2.24, 2.45) is 5.92 Å². The molecule has 2 aromatic rings. The molecule has 1 heterocycles. The number of hydrogen-bond donors (Lipinski definition) is 1. The highest BCUT2D eigenvalue weighted by Gasteiger charge is 2.29. The summed E-state index contributed by atoms with van der Waals surface area (Å²) >= 11 is 0. The molecule has 1 aromatic heterocycles. The summed E-state index contributed by atoms with van der Waals surface area (Å²) in [6.07, 6.45) is -0.367. The third-order valence-corrected chi connectivity index (χ3v) is 3.42. The van der Waals surface area contributed by atoms with Crippen molar-refractivity contribution in [2.75, 3.05) is 13.2 Å². The lowest BCUT2D eigenvalue weighted by Gasteiger charge is -2.14. The molecule has 0 aliphatic heterocycles. The van der Waals surface area contributed by atoms with Crippen LogP contribution in [0.3, 0.4) is 0 Å². The molecule has 1 aromatic carbocycles. The Hall–Kier alpha value is -2.11. The fourth-order valence-electron chi connectivity index (χ4n) is 2.09. The maximum Gasteiger partial charge on any atom is 0.422 e. The van der Waals surface area contributed by atoms with Crippen LogP contribution in [0.25, 0.3) is 11.3 Å². The van der Waals surface area contributed by atoms with Crippen LogP contribution < -0.4 is 9.47 Å². The summed E-state index contributed by atoms with van der Waals surface area (Å²) < 4.78 is 47.8. The zero-order valence-electron chi connectivity index (χ0n) is 11.8. The van der Waals surface area contributed by atoms with Crippen LogP contribution >= 0.6 is 0 Å². The van der Waals surface area contributed by atoms with Crippen molar-refractivity contribution in [3.05, 3.63) is 36.5 Å². The van der Waals surface area contributed by atoms with Crippen molar-refractivity contribution < 1.29 is 22.6 Å². The van der Waals surface area contributed by atoms with Crippen molar-refractivity contribution >= 4 is 0 Å². The molecular formula is C16H16F3NO2. The molecule has 1 fully saturated rings.